The summed E-state index contributed by atoms with van der Waals surface area (Å²) in [6.45, 7) is 2.93. The van der Waals surface area contributed by atoms with E-state index in [1.54, 1.807) is 34.1 Å². The van der Waals surface area contributed by atoms with Gasteiger partial charge < -0.3 is 14.0 Å². The summed E-state index contributed by atoms with van der Waals surface area (Å²) in [7, 11) is 3.19. The molecule has 1 aliphatic rings. The van der Waals surface area contributed by atoms with Crippen LogP contribution in [0.3, 0.4) is 0 Å². The van der Waals surface area contributed by atoms with E-state index < -0.39 is 12.7 Å². The zero-order valence-electron chi connectivity index (χ0n) is 17.8. The average molecular weight is 455 g/mol. The van der Waals surface area contributed by atoms with Crippen molar-refractivity contribution in [1.82, 2.24) is 15.4 Å². The summed E-state index contributed by atoms with van der Waals surface area (Å²) in [5, 5.41) is 2.54. The van der Waals surface area contributed by atoms with Crippen LogP contribution in [0.2, 0.25) is 0 Å². The van der Waals surface area contributed by atoms with E-state index in [9.17, 15) is 13.2 Å². The van der Waals surface area contributed by atoms with E-state index >= 15 is 0 Å². The summed E-state index contributed by atoms with van der Waals surface area (Å²) in [5.41, 5.74) is 9.69. The van der Waals surface area contributed by atoms with Crippen molar-refractivity contribution in [3.63, 3.8) is 0 Å². The molecule has 168 valence electrons. The number of aromatic nitrogens is 1. The third kappa shape index (κ3) is 5.69. The van der Waals surface area contributed by atoms with E-state index in [0.29, 0.717) is 40.3 Å². The van der Waals surface area contributed by atoms with Gasteiger partial charge >= 0.3 is 6.18 Å². The summed E-state index contributed by atoms with van der Waals surface area (Å²) in [5.74, 6) is 1.36. The minimum atomic E-state index is -4.26. The number of thioether (sulfide) groups is 1. The zero-order valence-corrected chi connectivity index (χ0v) is 18.6. The number of nitrogens with zero attached hydrogens (tertiary/aromatic N) is 2. The van der Waals surface area contributed by atoms with Crippen LogP contribution in [-0.4, -0.2) is 36.7 Å². The molecular formula is C21H25F3N4O2S. The summed E-state index contributed by atoms with van der Waals surface area (Å²) >= 11 is 1.39. The van der Waals surface area contributed by atoms with Crippen LogP contribution in [0.25, 0.3) is 5.70 Å². The van der Waals surface area contributed by atoms with Gasteiger partial charge in [0.2, 0.25) is 0 Å². The molecule has 6 nitrogen and oxygen atoms in total. The minimum Gasteiger partial charge on any atom is -0.493 e. The quantitative estimate of drug-likeness (QED) is 0.649. The number of aliphatic imine (C=N–C) groups is 1. The zero-order chi connectivity index (χ0) is 22.6. The molecule has 0 saturated carbocycles. The van der Waals surface area contributed by atoms with Crippen molar-refractivity contribution in [2.24, 2.45) is 4.99 Å². The summed E-state index contributed by atoms with van der Waals surface area (Å²) in [4.78, 5) is 4.53. The topological polar surface area (TPSA) is 59.8 Å². The monoisotopic (exact) mass is 454 g/mol. The Morgan fingerprint density at radius 3 is 2.42 bits per heavy atom. The molecule has 2 N–H and O–H groups in total. The number of methoxy groups -OCH3 is 2. The molecule has 2 heterocycles. The third-order valence-electron chi connectivity index (χ3n) is 4.90. The second-order valence-electron chi connectivity index (χ2n) is 7.01. The van der Waals surface area contributed by atoms with Crippen LogP contribution >= 0.6 is 11.8 Å². The van der Waals surface area contributed by atoms with Crippen molar-refractivity contribution in [2.75, 3.05) is 20.8 Å². The number of hydrogen-bond acceptors (Lipinski definition) is 5. The fourth-order valence-corrected chi connectivity index (χ4v) is 4.01. The molecule has 0 spiro atoms. The molecule has 31 heavy (non-hydrogen) atoms. The number of nitrogens with one attached hydrogen (secondary N) is 2. The van der Waals surface area contributed by atoms with Crippen molar-refractivity contribution in [3.05, 3.63) is 52.2 Å². The Hall–Kier alpha value is -2.75. The first-order chi connectivity index (χ1) is 14.7. The van der Waals surface area contributed by atoms with Crippen LogP contribution in [-0.2, 0) is 13.0 Å². The standard InChI is InChI=1S/C21H25F3N4O2S/c1-13-9-16(14(2)28(13)12-21(22,23)24)17-11-31-20(27-26-17)25-8-7-15-5-6-18(29-3)19(10-15)30-4/h5-6,9-11,26H,7-8,12H2,1-4H3,(H,25,27). The molecule has 0 bridgehead atoms. The molecule has 0 aliphatic carbocycles. The number of halogens is 3. The van der Waals surface area contributed by atoms with E-state index in [1.165, 1.54) is 16.3 Å². The average Bonchev–Trinajstić information content (AvgIpc) is 3.01. The lowest BCUT2D eigenvalue weighted by Crippen LogP contribution is -2.37. The van der Waals surface area contributed by atoms with Gasteiger partial charge in [0, 0.05) is 28.9 Å². The molecule has 0 amide bonds. The van der Waals surface area contributed by atoms with Gasteiger partial charge in [-0.15, -0.1) is 0 Å². The first-order valence-electron chi connectivity index (χ1n) is 9.60. The van der Waals surface area contributed by atoms with Gasteiger partial charge in [-0.25, -0.2) is 0 Å². The van der Waals surface area contributed by atoms with E-state index in [0.717, 1.165) is 17.5 Å². The van der Waals surface area contributed by atoms with E-state index in [1.807, 2.05) is 23.6 Å². The molecule has 10 heteroatoms. The molecular weight excluding hydrogens is 429 g/mol. The lowest BCUT2D eigenvalue weighted by Gasteiger charge is -2.19. The fourth-order valence-electron chi connectivity index (χ4n) is 3.32. The van der Waals surface area contributed by atoms with Crippen LogP contribution in [0.4, 0.5) is 13.2 Å². The largest absolute Gasteiger partial charge is 0.493 e. The summed E-state index contributed by atoms with van der Waals surface area (Å²) in [6, 6.07) is 7.51. The number of hydrazine groups is 1. The molecule has 1 aromatic heterocycles. The predicted molar refractivity (Wildman–Crippen MR) is 117 cm³/mol. The number of rotatable bonds is 7. The van der Waals surface area contributed by atoms with Gasteiger partial charge in [0.15, 0.2) is 16.7 Å². The Balaban J connectivity index is 1.63. The van der Waals surface area contributed by atoms with Gasteiger partial charge in [-0.1, -0.05) is 17.8 Å². The van der Waals surface area contributed by atoms with Crippen LogP contribution in [0.1, 0.15) is 22.5 Å². The van der Waals surface area contributed by atoms with Crippen molar-refractivity contribution < 1.29 is 22.6 Å². The third-order valence-corrected chi connectivity index (χ3v) is 5.71. The molecule has 0 saturated heterocycles. The normalized spacial score (nSPS) is 15.3. The van der Waals surface area contributed by atoms with Crippen LogP contribution in [0.5, 0.6) is 11.5 Å². The Bertz CT molecular complexity index is 999. The molecule has 3 rings (SSSR count). The number of aryl methyl sites for hydroxylation is 1. The second-order valence-corrected chi connectivity index (χ2v) is 7.87. The maximum Gasteiger partial charge on any atom is 0.406 e. The molecule has 0 atom stereocenters. The van der Waals surface area contributed by atoms with Crippen LogP contribution < -0.4 is 20.3 Å². The lowest BCUT2D eigenvalue weighted by atomic mass is 10.1. The second kappa shape index (κ2) is 9.59. The molecule has 1 aromatic carbocycles. The van der Waals surface area contributed by atoms with Crippen LogP contribution in [0, 0.1) is 13.8 Å². The maximum atomic E-state index is 12.8. The SMILES string of the molecule is COc1ccc(CCN=C2NNC(c3cc(C)n(CC(F)(F)F)c3C)=CS2)cc1OC. The maximum absolute atomic E-state index is 12.8. The minimum absolute atomic E-state index is 0.560. The number of amidine groups is 1. The highest BCUT2D eigenvalue weighted by atomic mass is 32.2. The van der Waals surface area contributed by atoms with Crippen molar-refractivity contribution in [3.8, 4) is 11.5 Å². The first kappa shape index (κ1) is 22.9. The van der Waals surface area contributed by atoms with Crippen molar-refractivity contribution in [1.29, 1.82) is 0 Å². The van der Waals surface area contributed by atoms with Crippen molar-refractivity contribution in [2.45, 2.75) is 33.0 Å². The Labute approximate surface area is 183 Å². The highest BCUT2D eigenvalue weighted by Gasteiger charge is 2.30. The first-order valence-corrected chi connectivity index (χ1v) is 10.5. The Morgan fingerprint density at radius 2 is 1.81 bits per heavy atom. The van der Waals surface area contributed by atoms with E-state index in [-0.39, 0.29) is 0 Å². The highest BCUT2D eigenvalue weighted by molar-refractivity contribution is 8.16. The number of alkyl halides is 3. The molecule has 0 fully saturated rings. The summed E-state index contributed by atoms with van der Waals surface area (Å²) in [6.07, 6.45) is -3.54. The van der Waals surface area contributed by atoms with Gasteiger partial charge in [0.05, 0.1) is 19.9 Å². The number of ether oxygens (including phenoxy) is 2. The van der Waals surface area contributed by atoms with Crippen LogP contribution in [0.15, 0.2) is 34.7 Å². The molecule has 0 radical (unpaired) electrons. The molecule has 2 aromatic rings. The highest BCUT2D eigenvalue weighted by Crippen LogP contribution is 2.29. The van der Waals surface area contributed by atoms with Gasteiger partial charge in [0.25, 0.3) is 0 Å². The Kier molecular flexibility index (Phi) is 7.09. The fraction of sp³-hybridized carbons (Fsp3) is 0.381. The van der Waals surface area contributed by atoms with Gasteiger partial charge in [-0.2, -0.15) is 13.2 Å². The predicted octanol–water partition coefficient (Wildman–Crippen LogP) is 4.42. The van der Waals surface area contributed by atoms with Gasteiger partial charge in [0.1, 0.15) is 6.54 Å². The molecule has 1 aliphatic heterocycles. The van der Waals surface area contributed by atoms with Crippen molar-refractivity contribution >= 4 is 22.6 Å². The van der Waals surface area contributed by atoms with Gasteiger partial charge in [-0.05, 0) is 44.0 Å². The lowest BCUT2D eigenvalue weighted by molar-refractivity contribution is -0.141. The Morgan fingerprint density at radius 1 is 1.06 bits per heavy atom. The van der Waals surface area contributed by atoms with Gasteiger partial charge in [-0.3, -0.25) is 15.8 Å². The number of benzene rings is 1. The summed E-state index contributed by atoms with van der Waals surface area (Å²) < 4.78 is 50.3. The van der Waals surface area contributed by atoms with E-state index in [4.69, 9.17) is 9.47 Å². The smallest absolute Gasteiger partial charge is 0.406 e. The van der Waals surface area contributed by atoms with E-state index in [2.05, 4.69) is 15.8 Å². The molecule has 0 unspecified atom stereocenters. The number of hydrogen-bond donors (Lipinski definition) is 2.